The number of fused-ring (bicyclic) bond motifs is 3. The highest BCUT2D eigenvalue weighted by atomic mass is 32.1. The molecular weight excluding hydrogens is 533 g/mol. The van der Waals surface area contributed by atoms with Crippen molar-refractivity contribution < 1.29 is 14.3 Å². The molecule has 0 saturated carbocycles. The van der Waals surface area contributed by atoms with E-state index in [1.807, 2.05) is 11.3 Å². The summed E-state index contributed by atoms with van der Waals surface area (Å²) in [7, 11) is 0. The minimum absolute atomic E-state index is 0.0846. The number of carbonyl (C=O) groups excluding carboxylic acids is 2. The number of hydrogen-bond donors (Lipinski definition) is 0. The van der Waals surface area contributed by atoms with Gasteiger partial charge in [-0.2, -0.15) is 0 Å². The molecule has 0 saturated heterocycles. The lowest BCUT2D eigenvalue weighted by molar-refractivity contribution is -0.140. The first-order valence-electron chi connectivity index (χ1n) is 13.7. The third kappa shape index (κ3) is 7.80. The summed E-state index contributed by atoms with van der Waals surface area (Å²) in [5.74, 6) is -0.0123. The summed E-state index contributed by atoms with van der Waals surface area (Å²) >= 11 is 3.41. The molecule has 4 aromatic rings. The second-order valence-corrected chi connectivity index (χ2v) is 14.5. The van der Waals surface area contributed by atoms with Crippen molar-refractivity contribution in [2.75, 3.05) is 6.61 Å². The molecule has 0 amide bonds. The van der Waals surface area contributed by atoms with Crippen LogP contribution in [0.3, 0.4) is 0 Å². The van der Waals surface area contributed by atoms with E-state index in [4.69, 9.17) is 0 Å². The zero-order valence-electron chi connectivity index (χ0n) is 25.5. The first kappa shape index (κ1) is 31.5. The van der Waals surface area contributed by atoms with Gasteiger partial charge >= 0.3 is 5.97 Å². The van der Waals surface area contributed by atoms with Crippen LogP contribution in [0.2, 0.25) is 0 Å². The Labute approximate surface area is 248 Å². The molecular formula is C35H42O3S2. The Morgan fingerprint density at radius 3 is 1.82 bits per heavy atom. The van der Waals surface area contributed by atoms with E-state index < -0.39 is 0 Å². The van der Waals surface area contributed by atoms with Gasteiger partial charge in [0, 0.05) is 27.8 Å². The number of benzene rings is 2. The predicted octanol–water partition coefficient (Wildman–Crippen LogP) is 10.2. The Morgan fingerprint density at radius 1 is 0.750 bits per heavy atom. The smallest absolute Gasteiger partial charge is 0.302 e. The van der Waals surface area contributed by atoms with E-state index in [2.05, 4.69) is 120 Å². The van der Waals surface area contributed by atoms with Crippen molar-refractivity contribution in [1.29, 1.82) is 0 Å². The Kier molecular flexibility index (Phi) is 9.97. The van der Waals surface area contributed by atoms with Crippen molar-refractivity contribution in [1.82, 2.24) is 0 Å². The molecule has 0 atom stereocenters. The molecule has 212 valence electrons. The summed E-state index contributed by atoms with van der Waals surface area (Å²) in [6.07, 6.45) is 0. The fourth-order valence-electron chi connectivity index (χ4n) is 4.40. The maximum absolute atomic E-state index is 12.4. The van der Waals surface area contributed by atoms with Gasteiger partial charge in [0.2, 0.25) is 5.78 Å². The summed E-state index contributed by atoms with van der Waals surface area (Å²) in [6.45, 7) is 21.1. The van der Waals surface area contributed by atoms with E-state index in [0.717, 1.165) is 21.6 Å². The Bertz CT molecular complexity index is 1470. The van der Waals surface area contributed by atoms with Crippen LogP contribution in [0.4, 0.5) is 0 Å². The molecule has 5 rings (SSSR count). The maximum Gasteiger partial charge on any atom is 0.302 e. The number of rotatable bonds is 2. The number of esters is 1. The van der Waals surface area contributed by atoms with Gasteiger partial charge in [-0.25, -0.2) is 0 Å². The molecule has 0 bridgehead atoms. The number of thiophene rings is 2. The zero-order chi connectivity index (χ0) is 29.8. The highest BCUT2D eigenvalue weighted by molar-refractivity contribution is 7.15. The number of ether oxygens (including phenoxy) is 1. The number of carbonyl (C=O) groups is 2. The first-order chi connectivity index (χ1) is 18.6. The molecule has 2 aromatic heterocycles. The van der Waals surface area contributed by atoms with Gasteiger partial charge in [-0.1, -0.05) is 77.9 Å². The summed E-state index contributed by atoms with van der Waals surface area (Å²) in [5.41, 5.74) is 8.70. The lowest BCUT2D eigenvalue weighted by atomic mass is 9.85. The summed E-state index contributed by atoms with van der Waals surface area (Å²) in [5, 5.41) is 2.22. The van der Waals surface area contributed by atoms with Crippen molar-refractivity contribution in [3.8, 4) is 22.3 Å². The highest BCUT2D eigenvalue weighted by Gasteiger charge is 2.30. The van der Waals surface area contributed by atoms with Crippen LogP contribution in [-0.4, -0.2) is 18.4 Å². The van der Waals surface area contributed by atoms with Gasteiger partial charge in [0.25, 0.3) is 0 Å². The van der Waals surface area contributed by atoms with Gasteiger partial charge in [0.15, 0.2) is 0 Å². The second kappa shape index (κ2) is 12.7. The molecule has 0 unspecified atom stereocenters. The number of hydrogen-bond acceptors (Lipinski definition) is 5. The van der Waals surface area contributed by atoms with E-state index in [9.17, 15) is 9.59 Å². The van der Waals surface area contributed by atoms with E-state index >= 15 is 0 Å². The standard InChI is InChI=1S/C16H16OS.C15H18S.C4H8O2/c1-9-7-13-11-6-5-10(16(2,3)4)8-12(11)14(17)15(13)18-9;1-11-9-13(10-16-11)12-5-7-14(8-6-12)15(2,3)4;1-3-6-4(2)5/h5-8H,1-4H3;5-10H,1-4H3;3H2,1-2H3. The molecule has 2 heterocycles. The molecule has 0 spiro atoms. The topological polar surface area (TPSA) is 43.4 Å². The highest BCUT2D eigenvalue weighted by Crippen LogP contribution is 2.42. The van der Waals surface area contributed by atoms with Crippen LogP contribution in [0.15, 0.2) is 60.0 Å². The van der Waals surface area contributed by atoms with Gasteiger partial charge in [0.05, 0.1) is 11.5 Å². The molecule has 0 aliphatic heterocycles. The van der Waals surface area contributed by atoms with Crippen LogP contribution >= 0.6 is 22.7 Å². The molecule has 5 heteroatoms. The summed E-state index contributed by atoms with van der Waals surface area (Å²) < 4.78 is 4.40. The van der Waals surface area contributed by atoms with Crippen LogP contribution in [0.25, 0.3) is 22.3 Å². The van der Waals surface area contributed by atoms with E-state index in [0.29, 0.717) is 6.61 Å². The van der Waals surface area contributed by atoms with Crippen LogP contribution in [-0.2, 0) is 20.4 Å². The van der Waals surface area contributed by atoms with Crippen LogP contribution < -0.4 is 0 Å². The predicted molar refractivity (Wildman–Crippen MR) is 172 cm³/mol. The van der Waals surface area contributed by atoms with Gasteiger partial charge in [-0.15, -0.1) is 22.7 Å². The molecule has 3 nitrogen and oxygen atoms in total. The average molecular weight is 575 g/mol. The lowest BCUT2D eigenvalue weighted by Crippen LogP contribution is -2.11. The largest absolute Gasteiger partial charge is 0.466 e. The average Bonchev–Trinajstić information content (AvgIpc) is 3.54. The number of ketones is 1. The minimum Gasteiger partial charge on any atom is -0.466 e. The van der Waals surface area contributed by atoms with E-state index in [1.165, 1.54) is 38.9 Å². The Hall–Kier alpha value is -3.02. The van der Waals surface area contributed by atoms with E-state index in [-0.39, 0.29) is 22.6 Å². The molecule has 1 aliphatic carbocycles. The first-order valence-corrected chi connectivity index (χ1v) is 15.4. The lowest BCUT2D eigenvalue weighted by Gasteiger charge is -2.19. The van der Waals surface area contributed by atoms with Crippen LogP contribution in [0, 0.1) is 13.8 Å². The summed E-state index contributed by atoms with van der Waals surface area (Å²) in [4.78, 5) is 25.7. The molecule has 0 N–H and O–H groups in total. The van der Waals surface area contributed by atoms with Crippen molar-refractivity contribution in [2.45, 2.75) is 80.1 Å². The van der Waals surface area contributed by atoms with Crippen molar-refractivity contribution in [3.63, 3.8) is 0 Å². The van der Waals surface area contributed by atoms with E-state index in [1.54, 1.807) is 18.3 Å². The van der Waals surface area contributed by atoms with Crippen LogP contribution in [0.1, 0.15) is 91.5 Å². The minimum atomic E-state index is -0.211. The quantitative estimate of drug-likeness (QED) is 0.197. The fraction of sp³-hybridized carbons (Fsp3) is 0.371. The third-order valence-electron chi connectivity index (χ3n) is 6.64. The Balaban J connectivity index is 0.000000185. The fourth-order valence-corrected chi connectivity index (χ4v) is 6.09. The van der Waals surface area contributed by atoms with Gasteiger partial charge < -0.3 is 4.74 Å². The van der Waals surface area contributed by atoms with Crippen LogP contribution in [0.5, 0.6) is 0 Å². The maximum atomic E-state index is 12.4. The zero-order valence-corrected chi connectivity index (χ0v) is 27.2. The molecule has 2 aromatic carbocycles. The second-order valence-electron chi connectivity index (χ2n) is 12.1. The molecule has 0 fully saturated rings. The molecule has 40 heavy (non-hydrogen) atoms. The molecule has 0 radical (unpaired) electrons. The van der Waals surface area contributed by atoms with Crippen molar-refractivity contribution in [2.24, 2.45) is 0 Å². The Morgan fingerprint density at radius 2 is 1.35 bits per heavy atom. The number of aryl methyl sites for hydroxylation is 2. The SMILES string of the molecule is CCOC(C)=O.Cc1cc(-c2ccc(C(C)(C)C)cc2)cs1.Cc1cc2c(s1)C(=O)c1cc(C(C)(C)C)ccc1-2. The van der Waals surface area contributed by atoms with Crippen molar-refractivity contribution in [3.05, 3.63) is 91.3 Å². The van der Waals surface area contributed by atoms with Crippen molar-refractivity contribution >= 4 is 34.4 Å². The third-order valence-corrected chi connectivity index (χ3v) is 8.55. The monoisotopic (exact) mass is 574 g/mol. The molecule has 1 aliphatic rings. The van der Waals surface area contributed by atoms with Gasteiger partial charge in [0.1, 0.15) is 0 Å². The summed E-state index contributed by atoms with van der Waals surface area (Å²) in [6, 6.07) is 19.6. The normalized spacial score (nSPS) is 12.0. The van der Waals surface area contributed by atoms with Gasteiger partial charge in [-0.05, 0) is 83.0 Å². The van der Waals surface area contributed by atoms with Gasteiger partial charge in [-0.3, -0.25) is 9.59 Å².